The van der Waals surface area contributed by atoms with Gasteiger partial charge in [0.1, 0.15) is 0 Å². The minimum absolute atomic E-state index is 0.253. The van der Waals surface area contributed by atoms with Crippen LogP contribution < -0.4 is 10.6 Å². The van der Waals surface area contributed by atoms with Crippen LogP contribution in [0.25, 0.3) is 0 Å². The zero-order valence-electron chi connectivity index (χ0n) is 12.6. The number of hydrogen-bond donors (Lipinski definition) is 2. The van der Waals surface area contributed by atoms with E-state index in [1.807, 2.05) is 0 Å². The number of aliphatic imine (C=N–C) groups is 1. The largest absolute Gasteiger partial charge is 0.380 e. The second-order valence-electron chi connectivity index (χ2n) is 5.87. The molecule has 2 heterocycles. The quantitative estimate of drug-likeness (QED) is 0.402. The molecule has 0 aromatic carbocycles. The molecule has 2 rings (SSSR count). The van der Waals surface area contributed by atoms with Gasteiger partial charge in [0.05, 0.1) is 25.9 Å². The van der Waals surface area contributed by atoms with Crippen LogP contribution in [0.1, 0.15) is 19.8 Å². The normalized spacial score (nSPS) is 25.3. The predicted molar refractivity (Wildman–Crippen MR) is 78.1 cm³/mol. The number of hydrogen-bond acceptors (Lipinski definition) is 4. The minimum atomic E-state index is 0.253. The highest BCUT2D eigenvalue weighted by Crippen LogP contribution is 2.24. The van der Waals surface area contributed by atoms with Gasteiger partial charge in [-0.15, -0.1) is 0 Å². The summed E-state index contributed by atoms with van der Waals surface area (Å²) in [4.78, 5) is 4.22. The monoisotopic (exact) mass is 285 g/mol. The SMILES string of the molecule is CN=C(NCCCOC1CCOC1)NCC1(C)COC1. The third-order valence-electron chi connectivity index (χ3n) is 3.66. The zero-order chi connectivity index (χ0) is 14.3. The minimum Gasteiger partial charge on any atom is -0.380 e. The Morgan fingerprint density at radius 2 is 2.20 bits per heavy atom. The van der Waals surface area contributed by atoms with Gasteiger partial charge in [-0.1, -0.05) is 6.92 Å². The summed E-state index contributed by atoms with van der Waals surface area (Å²) in [6.07, 6.45) is 2.29. The van der Waals surface area contributed by atoms with Gasteiger partial charge in [0.25, 0.3) is 0 Å². The second kappa shape index (κ2) is 7.81. The van der Waals surface area contributed by atoms with Crippen LogP contribution in [0.4, 0.5) is 0 Å². The molecule has 0 aliphatic carbocycles. The fourth-order valence-corrected chi connectivity index (χ4v) is 2.24. The van der Waals surface area contributed by atoms with Gasteiger partial charge in [-0.3, -0.25) is 4.99 Å². The van der Waals surface area contributed by atoms with E-state index < -0.39 is 0 Å². The van der Waals surface area contributed by atoms with Gasteiger partial charge < -0.3 is 24.8 Å². The molecule has 2 aliphatic rings. The van der Waals surface area contributed by atoms with E-state index in [0.29, 0.717) is 6.10 Å². The third kappa shape index (κ3) is 4.92. The lowest BCUT2D eigenvalue weighted by atomic mass is 9.89. The first-order chi connectivity index (χ1) is 9.72. The van der Waals surface area contributed by atoms with Crippen molar-refractivity contribution >= 4 is 5.96 Å². The van der Waals surface area contributed by atoms with Crippen LogP contribution in [-0.2, 0) is 14.2 Å². The lowest BCUT2D eigenvalue weighted by Crippen LogP contribution is -2.51. The van der Waals surface area contributed by atoms with Crippen molar-refractivity contribution in [2.45, 2.75) is 25.9 Å². The molecule has 6 heteroatoms. The first-order valence-electron chi connectivity index (χ1n) is 7.43. The average Bonchev–Trinajstić information content (AvgIpc) is 2.93. The van der Waals surface area contributed by atoms with Gasteiger partial charge >= 0.3 is 0 Å². The molecule has 0 aromatic rings. The van der Waals surface area contributed by atoms with Crippen LogP contribution in [0.2, 0.25) is 0 Å². The lowest BCUT2D eigenvalue weighted by Gasteiger charge is -2.38. The summed E-state index contributed by atoms with van der Waals surface area (Å²) in [6, 6.07) is 0. The number of ether oxygens (including phenoxy) is 3. The molecule has 0 aromatic heterocycles. The molecule has 0 radical (unpaired) electrons. The Bertz CT molecular complexity index is 313. The van der Waals surface area contributed by atoms with Crippen molar-refractivity contribution in [3.05, 3.63) is 0 Å². The van der Waals surface area contributed by atoms with E-state index in [1.165, 1.54) is 0 Å². The zero-order valence-corrected chi connectivity index (χ0v) is 12.6. The Morgan fingerprint density at radius 3 is 2.80 bits per heavy atom. The topological polar surface area (TPSA) is 64.1 Å². The highest BCUT2D eigenvalue weighted by molar-refractivity contribution is 5.79. The maximum absolute atomic E-state index is 5.72. The Morgan fingerprint density at radius 1 is 1.35 bits per heavy atom. The molecule has 116 valence electrons. The molecule has 2 aliphatic heterocycles. The van der Waals surface area contributed by atoms with Gasteiger partial charge in [-0.25, -0.2) is 0 Å². The fraction of sp³-hybridized carbons (Fsp3) is 0.929. The predicted octanol–water partition coefficient (Wildman–Crippen LogP) is 0.384. The summed E-state index contributed by atoms with van der Waals surface area (Å²) >= 11 is 0. The van der Waals surface area contributed by atoms with Crippen molar-refractivity contribution in [1.29, 1.82) is 0 Å². The molecule has 6 nitrogen and oxygen atoms in total. The van der Waals surface area contributed by atoms with E-state index in [4.69, 9.17) is 14.2 Å². The lowest BCUT2D eigenvalue weighted by molar-refractivity contribution is -0.0971. The number of nitrogens with zero attached hydrogens (tertiary/aromatic N) is 1. The summed E-state index contributed by atoms with van der Waals surface area (Å²) in [6.45, 7) is 7.97. The summed E-state index contributed by atoms with van der Waals surface area (Å²) in [5, 5.41) is 6.64. The standard InChI is InChI=1S/C14H27N3O3/c1-14(10-19-11-14)9-17-13(15-2)16-5-3-6-20-12-4-7-18-8-12/h12H,3-11H2,1-2H3,(H2,15,16,17). The van der Waals surface area contributed by atoms with Crippen LogP contribution in [0.3, 0.4) is 0 Å². The van der Waals surface area contributed by atoms with Crippen LogP contribution in [0, 0.1) is 5.41 Å². The van der Waals surface area contributed by atoms with Gasteiger partial charge in [0.2, 0.25) is 0 Å². The van der Waals surface area contributed by atoms with Crippen LogP contribution in [-0.4, -0.2) is 65.2 Å². The molecule has 1 unspecified atom stereocenters. The van der Waals surface area contributed by atoms with Crippen molar-refractivity contribution in [3.63, 3.8) is 0 Å². The van der Waals surface area contributed by atoms with Crippen molar-refractivity contribution in [1.82, 2.24) is 10.6 Å². The third-order valence-corrected chi connectivity index (χ3v) is 3.66. The molecular weight excluding hydrogens is 258 g/mol. The van der Waals surface area contributed by atoms with Gasteiger partial charge in [0, 0.05) is 38.8 Å². The van der Waals surface area contributed by atoms with E-state index in [1.54, 1.807) is 7.05 Å². The number of nitrogens with one attached hydrogen (secondary N) is 2. The number of rotatable bonds is 7. The average molecular weight is 285 g/mol. The first kappa shape index (κ1) is 15.5. The van der Waals surface area contributed by atoms with Gasteiger partial charge in [0.15, 0.2) is 5.96 Å². The summed E-state index contributed by atoms with van der Waals surface area (Å²) in [7, 11) is 1.79. The smallest absolute Gasteiger partial charge is 0.191 e. The maximum atomic E-state index is 5.72. The first-order valence-corrected chi connectivity index (χ1v) is 7.43. The molecule has 0 amide bonds. The molecule has 0 saturated carbocycles. The van der Waals surface area contributed by atoms with E-state index >= 15 is 0 Å². The molecule has 0 spiro atoms. The molecule has 2 fully saturated rings. The summed E-state index contributed by atoms with van der Waals surface area (Å²) in [5.74, 6) is 0.849. The maximum Gasteiger partial charge on any atom is 0.191 e. The van der Waals surface area contributed by atoms with Crippen LogP contribution in [0.5, 0.6) is 0 Å². The van der Waals surface area contributed by atoms with E-state index in [0.717, 1.165) is 64.9 Å². The molecule has 20 heavy (non-hydrogen) atoms. The number of guanidine groups is 1. The molecule has 2 saturated heterocycles. The second-order valence-corrected chi connectivity index (χ2v) is 5.87. The summed E-state index contributed by atoms with van der Waals surface area (Å²) in [5.41, 5.74) is 0.253. The van der Waals surface area contributed by atoms with E-state index in [-0.39, 0.29) is 5.41 Å². The molecule has 1 atom stereocenters. The molecule has 2 N–H and O–H groups in total. The highest BCUT2D eigenvalue weighted by atomic mass is 16.5. The molecular formula is C14H27N3O3. The Labute approximate surface area is 121 Å². The Hall–Kier alpha value is -0.850. The van der Waals surface area contributed by atoms with Crippen LogP contribution in [0.15, 0.2) is 4.99 Å². The Kier molecular flexibility index (Phi) is 6.06. The van der Waals surface area contributed by atoms with Gasteiger partial charge in [-0.2, -0.15) is 0 Å². The van der Waals surface area contributed by atoms with Crippen molar-refractivity contribution in [2.75, 3.05) is 53.2 Å². The van der Waals surface area contributed by atoms with Gasteiger partial charge in [-0.05, 0) is 12.8 Å². The van der Waals surface area contributed by atoms with Crippen molar-refractivity contribution in [2.24, 2.45) is 10.4 Å². The summed E-state index contributed by atoms with van der Waals surface area (Å²) < 4.78 is 16.2. The molecule has 0 bridgehead atoms. The van der Waals surface area contributed by atoms with Crippen LogP contribution >= 0.6 is 0 Å². The Balaban J connectivity index is 1.50. The fourth-order valence-electron chi connectivity index (χ4n) is 2.24. The van der Waals surface area contributed by atoms with Crippen molar-refractivity contribution < 1.29 is 14.2 Å². The van der Waals surface area contributed by atoms with Crippen molar-refractivity contribution in [3.8, 4) is 0 Å². The van der Waals surface area contributed by atoms with E-state index in [9.17, 15) is 0 Å². The van der Waals surface area contributed by atoms with E-state index in [2.05, 4.69) is 22.5 Å². The highest BCUT2D eigenvalue weighted by Gasteiger charge is 2.33.